The second-order valence-corrected chi connectivity index (χ2v) is 8.56. The van der Waals surface area contributed by atoms with Crippen molar-refractivity contribution < 1.29 is 18.3 Å². The SMILES string of the molecule is Cc1ccc(S(=O)(=O)N2CCOC[C@@H]2[C@H]2CCC[C@H]2O)cc1C. The van der Waals surface area contributed by atoms with Gasteiger partial charge in [0.25, 0.3) is 0 Å². The molecule has 0 amide bonds. The average Bonchev–Trinajstić information content (AvgIpc) is 2.96. The molecule has 0 unspecified atom stereocenters. The van der Waals surface area contributed by atoms with Gasteiger partial charge in [-0.15, -0.1) is 0 Å². The molecule has 0 bridgehead atoms. The second-order valence-electron chi connectivity index (χ2n) is 6.67. The summed E-state index contributed by atoms with van der Waals surface area (Å²) in [7, 11) is -3.57. The van der Waals surface area contributed by atoms with Gasteiger partial charge in [-0.3, -0.25) is 0 Å². The van der Waals surface area contributed by atoms with Crippen molar-refractivity contribution in [1.82, 2.24) is 4.31 Å². The van der Waals surface area contributed by atoms with Crippen LogP contribution in [0, 0.1) is 19.8 Å². The van der Waals surface area contributed by atoms with E-state index in [4.69, 9.17) is 4.74 Å². The Labute approximate surface area is 138 Å². The summed E-state index contributed by atoms with van der Waals surface area (Å²) in [5.41, 5.74) is 2.05. The zero-order chi connectivity index (χ0) is 16.6. The molecule has 3 rings (SSSR count). The van der Waals surface area contributed by atoms with Crippen LogP contribution in [0.1, 0.15) is 30.4 Å². The molecule has 1 aliphatic heterocycles. The first-order chi connectivity index (χ1) is 10.9. The summed E-state index contributed by atoms with van der Waals surface area (Å²) in [4.78, 5) is 0.333. The molecule has 0 aromatic heterocycles. The van der Waals surface area contributed by atoms with Crippen molar-refractivity contribution in [2.75, 3.05) is 19.8 Å². The van der Waals surface area contributed by atoms with Gasteiger partial charge in [0.1, 0.15) is 0 Å². The number of aryl methyl sites for hydroxylation is 2. The Morgan fingerprint density at radius 1 is 1.22 bits per heavy atom. The zero-order valence-electron chi connectivity index (χ0n) is 13.7. The maximum Gasteiger partial charge on any atom is 0.243 e. The largest absolute Gasteiger partial charge is 0.393 e. The van der Waals surface area contributed by atoms with E-state index in [1.807, 2.05) is 19.9 Å². The van der Waals surface area contributed by atoms with E-state index in [1.54, 1.807) is 16.4 Å². The van der Waals surface area contributed by atoms with Crippen molar-refractivity contribution in [1.29, 1.82) is 0 Å². The van der Waals surface area contributed by atoms with E-state index in [-0.39, 0.29) is 12.0 Å². The highest BCUT2D eigenvalue weighted by Gasteiger charge is 2.42. The number of aliphatic hydroxyl groups is 1. The molecule has 2 fully saturated rings. The van der Waals surface area contributed by atoms with Crippen LogP contribution in [0.5, 0.6) is 0 Å². The second kappa shape index (κ2) is 6.51. The number of nitrogens with zero attached hydrogens (tertiary/aromatic N) is 1. The lowest BCUT2D eigenvalue weighted by Gasteiger charge is -2.39. The highest BCUT2D eigenvalue weighted by atomic mass is 32.2. The van der Waals surface area contributed by atoms with Crippen LogP contribution in [-0.2, 0) is 14.8 Å². The van der Waals surface area contributed by atoms with Gasteiger partial charge in [0.2, 0.25) is 10.0 Å². The molecule has 6 heteroatoms. The number of hydrogen-bond acceptors (Lipinski definition) is 4. The number of benzene rings is 1. The Bertz CT molecular complexity index is 673. The van der Waals surface area contributed by atoms with Gasteiger partial charge in [-0.05, 0) is 49.9 Å². The van der Waals surface area contributed by atoms with Crippen molar-refractivity contribution in [3.05, 3.63) is 29.3 Å². The topological polar surface area (TPSA) is 66.8 Å². The molecule has 1 heterocycles. The summed E-state index contributed by atoms with van der Waals surface area (Å²) < 4.78 is 33.3. The van der Waals surface area contributed by atoms with Gasteiger partial charge in [0, 0.05) is 12.5 Å². The highest BCUT2D eigenvalue weighted by Crippen LogP contribution is 2.34. The Morgan fingerprint density at radius 3 is 2.65 bits per heavy atom. The van der Waals surface area contributed by atoms with E-state index < -0.39 is 16.1 Å². The number of hydrogen-bond donors (Lipinski definition) is 1. The first kappa shape index (κ1) is 16.9. The monoisotopic (exact) mass is 339 g/mol. The van der Waals surface area contributed by atoms with Crippen molar-refractivity contribution in [3.63, 3.8) is 0 Å². The standard InChI is InChI=1S/C17H25NO4S/c1-12-6-7-14(10-13(12)2)23(20,21)18-8-9-22-11-16(18)15-4-3-5-17(15)19/h6-7,10,15-17,19H,3-5,8-9,11H2,1-2H3/t15-,16-,17-/m1/s1. The van der Waals surface area contributed by atoms with Gasteiger partial charge in [-0.1, -0.05) is 12.5 Å². The molecular formula is C17H25NO4S. The molecule has 128 valence electrons. The minimum absolute atomic E-state index is 0.0309. The van der Waals surface area contributed by atoms with E-state index in [0.29, 0.717) is 24.7 Å². The minimum Gasteiger partial charge on any atom is -0.393 e. The minimum atomic E-state index is -3.57. The van der Waals surface area contributed by atoms with E-state index in [1.165, 1.54) is 0 Å². The lowest BCUT2D eigenvalue weighted by atomic mass is 9.96. The van der Waals surface area contributed by atoms with Gasteiger partial charge >= 0.3 is 0 Å². The fourth-order valence-corrected chi connectivity index (χ4v) is 5.40. The van der Waals surface area contributed by atoms with Crippen molar-refractivity contribution in [3.8, 4) is 0 Å². The molecule has 2 aliphatic rings. The lowest BCUT2D eigenvalue weighted by Crippen LogP contribution is -2.53. The summed E-state index contributed by atoms with van der Waals surface area (Å²) in [5.74, 6) is -0.0309. The van der Waals surface area contributed by atoms with Crippen molar-refractivity contribution in [2.24, 2.45) is 5.92 Å². The number of morpholine rings is 1. The van der Waals surface area contributed by atoms with Gasteiger partial charge in [-0.25, -0.2) is 8.42 Å². The van der Waals surface area contributed by atoms with E-state index in [9.17, 15) is 13.5 Å². The van der Waals surface area contributed by atoms with Crippen LogP contribution in [0.4, 0.5) is 0 Å². The molecule has 5 nitrogen and oxygen atoms in total. The summed E-state index contributed by atoms with van der Waals surface area (Å²) >= 11 is 0. The third-order valence-electron chi connectivity index (χ3n) is 5.23. The molecule has 1 aliphatic carbocycles. The van der Waals surface area contributed by atoms with Crippen LogP contribution in [-0.4, -0.2) is 49.7 Å². The van der Waals surface area contributed by atoms with Crippen molar-refractivity contribution in [2.45, 2.75) is 50.2 Å². The van der Waals surface area contributed by atoms with Crippen LogP contribution in [0.3, 0.4) is 0 Å². The molecular weight excluding hydrogens is 314 g/mol. The van der Waals surface area contributed by atoms with Gasteiger partial charge in [-0.2, -0.15) is 4.31 Å². The smallest absolute Gasteiger partial charge is 0.243 e. The highest BCUT2D eigenvalue weighted by molar-refractivity contribution is 7.89. The zero-order valence-corrected chi connectivity index (χ0v) is 14.6. The van der Waals surface area contributed by atoms with Crippen LogP contribution < -0.4 is 0 Å². The average molecular weight is 339 g/mol. The van der Waals surface area contributed by atoms with Crippen LogP contribution in [0.25, 0.3) is 0 Å². The van der Waals surface area contributed by atoms with Gasteiger partial charge in [0.05, 0.1) is 30.3 Å². The van der Waals surface area contributed by atoms with E-state index >= 15 is 0 Å². The van der Waals surface area contributed by atoms with Crippen molar-refractivity contribution >= 4 is 10.0 Å². The van der Waals surface area contributed by atoms with Gasteiger partial charge in [0.15, 0.2) is 0 Å². The quantitative estimate of drug-likeness (QED) is 0.913. The number of aliphatic hydroxyl groups excluding tert-OH is 1. The molecule has 0 radical (unpaired) electrons. The summed E-state index contributed by atoms with van der Waals surface area (Å²) in [6.45, 7) is 5.02. The van der Waals surface area contributed by atoms with Crippen LogP contribution in [0.2, 0.25) is 0 Å². The summed E-state index contributed by atoms with van der Waals surface area (Å²) in [5, 5.41) is 10.2. The first-order valence-corrected chi connectivity index (χ1v) is 9.70. The summed E-state index contributed by atoms with van der Waals surface area (Å²) in [6.07, 6.45) is 2.12. The Balaban J connectivity index is 1.93. The number of sulfonamides is 1. The predicted molar refractivity (Wildman–Crippen MR) is 87.8 cm³/mol. The fourth-order valence-electron chi connectivity index (χ4n) is 3.67. The fraction of sp³-hybridized carbons (Fsp3) is 0.647. The molecule has 3 atom stereocenters. The van der Waals surface area contributed by atoms with Crippen LogP contribution in [0.15, 0.2) is 23.1 Å². The molecule has 0 spiro atoms. The predicted octanol–water partition coefficient (Wildman–Crippen LogP) is 1.85. The molecule has 1 saturated carbocycles. The number of ether oxygens (including phenoxy) is 1. The Morgan fingerprint density at radius 2 is 2.00 bits per heavy atom. The third kappa shape index (κ3) is 3.18. The van der Waals surface area contributed by atoms with E-state index in [0.717, 1.165) is 30.4 Å². The molecule has 23 heavy (non-hydrogen) atoms. The summed E-state index contributed by atoms with van der Waals surface area (Å²) in [6, 6.07) is 4.99. The van der Waals surface area contributed by atoms with Crippen LogP contribution >= 0.6 is 0 Å². The molecule has 1 saturated heterocycles. The molecule has 1 N–H and O–H groups in total. The Kier molecular flexibility index (Phi) is 4.78. The van der Waals surface area contributed by atoms with E-state index in [2.05, 4.69) is 0 Å². The molecule has 1 aromatic rings. The first-order valence-electron chi connectivity index (χ1n) is 8.26. The molecule has 1 aromatic carbocycles. The maximum atomic E-state index is 13.1. The number of rotatable bonds is 3. The third-order valence-corrected chi connectivity index (χ3v) is 7.15. The lowest BCUT2D eigenvalue weighted by molar-refractivity contribution is -0.0148. The van der Waals surface area contributed by atoms with Gasteiger partial charge < -0.3 is 9.84 Å². The normalized spacial score (nSPS) is 29.8. The maximum absolute atomic E-state index is 13.1. The Hall–Kier alpha value is -0.950.